The molecule has 0 aliphatic carbocycles. The van der Waals surface area contributed by atoms with Crippen LogP contribution in [-0.4, -0.2) is 7.11 Å². The summed E-state index contributed by atoms with van der Waals surface area (Å²) in [6.45, 7) is 6.39. The van der Waals surface area contributed by atoms with Crippen LogP contribution in [-0.2, 0) is 5.41 Å². The number of anilines is 1. The monoisotopic (exact) mass is 257 g/mol. The van der Waals surface area contributed by atoms with Crippen molar-refractivity contribution in [2.24, 2.45) is 0 Å². The van der Waals surface area contributed by atoms with E-state index in [-0.39, 0.29) is 5.41 Å². The van der Waals surface area contributed by atoms with E-state index < -0.39 is 0 Å². The van der Waals surface area contributed by atoms with Gasteiger partial charge in [-0.2, -0.15) is 0 Å². The molecule has 78 valence electrons. The SMILES string of the molecule is COc1cc(Br)c(N)c(C(C)(C)C)c1. The van der Waals surface area contributed by atoms with E-state index in [4.69, 9.17) is 10.5 Å². The highest BCUT2D eigenvalue weighted by Crippen LogP contribution is 2.36. The Hall–Kier alpha value is -0.700. The first-order chi connectivity index (χ1) is 6.36. The second-order valence-corrected chi connectivity index (χ2v) is 5.17. The summed E-state index contributed by atoms with van der Waals surface area (Å²) in [7, 11) is 1.66. The number of halogens is 1. The van der Waals surface area contributed by atoms with E-state index in [1.54, 1.807) is 7.11 Å². The Labute approximate surface area is 93.6 Å². The topological polar surface area (TPSA) is 35.2 Å². The average Bonchev–Trinajstić information content (AvgIpc) is 2.07. The Balaban J connectivity index is 3.35. The molecule has 0 aromatic heterocycles. The number of hydrogen-bond acceptors (Lipinski definition) is 2. The van der Waals surface area contributed by atoms with Crippen molar-refractivity contribution in [3.63, 3.8) is 0 Å². The molecule has 0 radical (unpaired) electrons. The zero-order valence-corrected chi connectivity index (χ0v) is 10.6. The molecule has 1 aromatic rings. The number of nitrogens with two attached hydrogens (primary N) is 1. The molecule has 0 amide bonds. The van der Waals surface area contributed by atoms with E-state index in [1.165, 1.54) is 0 Å². The van der Waals surface area contributed by atoms with Crippen LogP contribution in [0.1, 0.15) is 26.3 Å². The lowest BCUT2D eigenvalue weighted by atomic mass is 9.86. The summed E-state index contributed by atoms with van der Waals surface area (Å²) >= 11 is 3.43. The summed E-state index contributed by atoms with van der Waals surface area (Å²) < 4.78 is 6.09. The highest BCUT2D eigenvalue weighted by molar-refractivity contribution is 9.10. The molecule has 0 aliphatic rings. The highest BCUT2D eigenvalue weighted by Gasteiger charge is 2.19. The van der Waals surface area contributed by atoms with Gasteiger partial charge in [-0.25, -0.2) is 0 Å². The van der Waals surface area contributed by atoms with Gasteiger partial charge in [0.1, 0.15) is 5.75 Å². The van der Waals surface area contributed by atoms with Crippen molar-refractivity contribution in [3.8, 4) is 5.75 Å². The fraction of sp³-hybridized carbons (Fsp3) is 0.455. The third kappa shape index (κ3) is 2.21. The second kappa shape index (κ2) is 3.81. The van der Waals surface area contributed by atoms with Crippen molar-refractivity contribution in [1.29, 1.82) is 0 Å². The number of rotatable bonds is 1. The first-order valence-electron chi connectivity index (χ1n) is 4.49. The van der Waals surface area contributed by atoms with Gasteiger partial charge < -0.3 is 10.5 Å². The van der Waals surface area contributed by atoms with Crippen LogP contribution < -0.4 is 10.5 Å². The zero-order chi connectivity index (χ0) is 10.9. The molecule has 1 rings (SSSR count). The maximum absolute atomic E-state index is 5.99. The van der Waals surface area contributed by atoms with Crippen molar-refractivity contribution in [2.45, 2.75) is 26.2 Å². The number of benzene rings is 1. The molecule has 0 saturated heterocycles. The van der Waals surface area contributed by atoms with Gasteiger partial charge in [0.2, 0.25) is 0 Å². The molecule has 0 fully saturated rings. The van der Waals surface area contributed by atoms with Crippen molar-refractivity contribution in [2.75, 3.05) is 12.8 Å². The molecule has 2 nitrogen and oxygen atoms in total. The molecule has 1 aromatic carbocycles. The fourth-order valence-electron chi connectivity index (χ4n) is 1.33. The Morgan fingerprint density at radius 1 is 1.29 bits per heavy atom. The standard InChI is InChI=1S/C11H16BrNO/c1-11(2,3)8-5-7(14-4)6-9(12)10(8)13/h5-6H,13H2,1-4H3. The fourth-order valence-corrected chi connectivity index (χ4v) is 1.77. The van der Waals surface area contributed by atoms with Gasteiger partial charge in [0, 0.05) is 10.2 Å². The lowest BCUT2D eigenvalue weighted by molar-refractivity contribution is 0.412. The van der Waals surface area contributed by atoms with Crippen LogP contribution in [0.15, 0.2) is 16.6 Å². The minimum Gasteiger partial charge on any atom is -0.497 e. The Morgan fingerprint density at radius 3 is 2.29 bits per heavy atom. The number of hydrogen-bond donors (Lipinski definition) is 1. The van der Waals surface area contributed by atoms with E-state index in [0.29, 0.717) is 0 Å². The lowest BCUT2D eigenvalue weighted by Gasteiger charge is -2.22. The van der Waals surface area contributed by atoms with Gasteiger partial charge in [-0.15, -0.1) is 0 Å². The first kappa shape index (κ1) is 11.4. The maximum Gasteiger partial charge on any atom is 0.120 e. The van der Waals surface area contributed by atoms with E-state index in [1.807, 2.05) is 12.1 Å². The summed E-state index contributed by atoms with van der Waals surface area (Å²) in [5.41, 5.74) is 7.91. The third-order valence-corrected chi connectivity index (χ3v) is 2.80. The molecule has 2 N–H and O–H groups in total. The van der Waals surface area contributed by atoms with Crippen LogP contribution in [0.2, 0.25) is 0 Å². The van der Waals surface area contributed by atoms with Crippen molar-refractivity contribution >= 4 is 21.6 Å². The predicted molar refractivity (Wildman–Crippen MR) is 63.8 cm³/mol. The molecular weight excluding hydrogens is 242 g/mol. The second-order valence-electron chi connectivity index (χ2n) is 4.32. The quantitative estimate of drug-likeness (QED) is 0.784. The molecular formula is C11H16BrNO. The van der Waals surface area contributed by atoms with Gasteiger partial charge in [0.15, 0.2) is 0 Å². The van der Waals surface area contributed by atoms with Crippen molar-refractivity contribution in [3.05, 3.63) is 22.2 Å². The van der Waals surface area contributed by atoms with E-state index in [2.05, 4.69) is 36.7 Å². The lowest BCUT2D eigenvalue weighted by Crippen LogP contribution is -2.14. The molecule has 0 saturated carbocycles. The highest BCUT2D eigenvalue weighted by atomic mass is 79.9. The van der Waals surface area contributed by atoms with Crippen LogP contribution in [0.25, 0.3) is 0 Å². The number of nitrogen functional groups attached to an aromatic ring is 1. The van der Waals surface area contributed by atoms with Crippen LogP contribution >= 0.6 is 15.9 Å². The van der Waals surface area contributed by atoms with Crippen LogP contribution in [0.4, 0.5) is 5.69 Å². The molecule has 0 bridgehead atoms. The zero-order valence-electron chi connectivity index (χ0n) is 9.02. The Morgan fingerprint density at radius 2 is 1.86 bits per heavy atom. The Kier molecular flexibility index (Phi) is 3.10. The molecule has 0 heterocycles. The molecule has 0 unspecified atom stereocenters. The largest absolute Gasteiger partial charge is 0.497 e. The number of ether oxygens (including phenoxy) is 1. The number of methoxy groups -OCH3 is 1. The normalized spacial score (nSPS) is 11.5. The van der Waals surface area contributed by atoms with Gasteiger partial charge >= 0.3 is 0 Å². The molecule has 3 heteroatoms. The molecule has 0 spiro atoms. The first-order valence-corrected chi connectivity index (χ1v) is 5.29. The van der Waals surface area contributed by atoms with E-state index in [9.17, 15) is 0 Å². The van der Waals surface area contributed by atoms with Crippen LogP contribution in [0.3, 0.4) is 0 Å². The summed E-state index contributed by atoms with van der Waals surface area (Å²) in [4.78, 5) is 0. The van der Waals surface area contributed by atoms with Crippen LogP contribution in [0.5, 0.6) is 5.75 Å². The van der Waals surface area contributed by atoms with Gasteiger partial charge in [-0.1, -0.05) is 20.8 Å². The molecule has 14 heavy (non-hydrogen) atoms. The minimum atomic E-state index is 0.0289. The molecule has 0 aliphatic heterocycles. The summed E-state index contributed by atoms with van der Waals surface area (Å²) in [6, 6.07) is 3.87. The van der Waals surface area contributed by atoms with Gasteiger partial charge in [-0.3, -0.25) is 0 Å². The van der Waals surface area contributed by atoms with Crippen molar-refractivity contribution in [1.82, 2.24) is 0 Å². The summed E-state index contributed by atoms with van der Waals surface area (Å²) in [6.07, 6.45) is 0. The smallest absolute Gasteiger partial charge is 0.120 e. The van der Waals surface area contributed by atoms with Gasteiger partial charge in [0.05, 0.1) is 7.11 Å². The molecule has 0 atom stereocenters. The van der Waals surface area contributed by atoms with Gasteiger partial charge in [-0.05, 0) is 39.0 Å². The maximum atomic E-state index is 5.99. The summed E-state index contributed by atoms with van der Waals surface area (Å²) in [5.74, 6) is 0.830. The van der Waals surface area contributed by atoms with E-state index >= 15 is 0 Å². The van der Waals surface area contributed by atoms with E-state index in [0.717, 1.165) is 21.5 Å². The van der Waals surface area contributed by atoms with Crippen molar-refractivity contribution < 1.29 is 4.74 Å². The Bertz CT molecular complexity index is 342. The average molecular weight is 258 g/mol. The predicted octanol–water partition coefficient (Wildman–Crippen LogP) is 3.34. The summed E-state index contributed by atoms with van der Waals surface area (Å²) in [5, 5.41) is 0. The minimum absolute atomic E-state index is 0.0289. The van der Waals surface area contributed by atoms with Gasteiger partial charge in [0.25, 0.3) is 0 Å². The van der Waals surface area contributed by atoms with Crippen LogP contribution in [0, 0.1) is 0 Å². The third-order valence-electron chi connectivity index (χ3n) is 2.15.